The molecule has 0 unspecified atom stereocenters. The average Bonchev–Trinajstić information content (AvgIpc) is 3.19. The molecule has 1 aliphatic rings. The van der Waals surface area contributed by atoms with Crippen LogP contribution in [-0.2, 0) is 14.4 Å². The molecule has 0 atom stereocenters. The Balaban J connectivity index is 1.37. The van der Waals surface area contributed by atoms with Gasteiger partial charge in [0.15, 0.2) is 18.1 Å². The van der Waals surface area contributed by atoms with Crippen molar-refractivity contribution in [3.05, 3.63) is 92.3 Å². The first kappa shape index (κ1) is 29.1. The number of ether oxygens (including phenoxy) is 2. The summed E-state index contributed by atoms with van der Waals surface area (Å²) >= 11 is 6.61. The van der Waals surface area contributed by atoms with Crippen LogP contribution in [0.3, 0.4) is 0 Å². The maximum absolute atomic E-state index is 12.8. The summed E-state index contributed by atoms with van der Waals surface area (Å²) < 4.78 is 10.9. The molecular weight excluding hydrogens is 576 g/mol. The topological polar surface area (TPSA) is 157 Å². The quantitative estimate of drug-likeness (QED) is 0.188. The molecule has 2 N–H and O–H groups in total. The zero-order chi connectivity index (χ0) is 29.5. The first-order valence-corrected chi connectivity index (χ1v) is 13.0. The van der Waals surface area contributed by atoms with E-state index in [1.807, 2.05) is 0 Å². The molecule has 4 amide bonds. The second-order valence-corrected chi connectivity index (χ2v) is 9.81. The third-order valence-electron chi connectivity index (χ3n) is 5.47. The van der Waals surface area contributed by atoms with E-state index >= 15 is 0 Å². The number of rotatable bonds is 10. The molecule has 0 aromatic heterocycles. The predicted octanol–water partition coefficient (Wildman–Crippen LogP) is 4.95. The number of nitrogens with one attached hydrogen (secondary N) is 2. The number of anilines is 2. The summed E-state index contributed by atoms with van der Waals surface area (Å²) in [5.74, 6) is -1.26. The molecule has 0 bridgehead atoms. The zero-order valence-electron chi connectivity index (χ0n) is 21.3. The molecule has 1 fully saturated rings. The molecule has 4 rings (SSSR count). The Hall–Kier alpha value is -4.88. The molecule has 210 valence electrons. The lowest BCUT2D eigenvalue weighted by molar-refractivity contribution is -0.384. The number of nitro benzene ring substituents is 1. The first-order chi connectivity index (χ1) is 19.6. The fourth-order valence-corrected chi connectivity index (χ4v) is 4.66. The highest BCUT2D eigenvalue weighted by Crippen LogP contribution is 2.34. The van der Waals surface area contributed by atoms with Crippen LogP contribution in [0.4, 0.5) is 21.9 Å². The van der Waals surface area contributed by atoms with Gasteiger partial charge in [0.25, 0.3) is 22.7 Å². The van der Waals surface area contributed by atoms with Crippen molar-refractivity contribution >= 4 is 69.5 Å². The van der Waals surface area contributed by atoms with Gasteiger partial charge < -0.3 is 20.1 Å². The molecule has 3 aromatic carbocycles. The number of methoxy groups -OCH3 is 1. The van der Waals surface area contributed by atoms with Gasteiger partial charge in [-0.05, 0) is 59.8 Å². The number of imide groups is 1. The van der Waals surface area contributed by atoms with E-state index in [0.29, 0.717) is 28.0 Å². The van der Waals surface area contributed by atoms with Gasteiger partial charge in [-0.15, -0.1) is 0 Å². The fourth-order valence-electron chi connectivity index (χ4n) is 3.63. The molecule has 14 heteroatoms. The molecule has 0 radical (unpaired) electrons. The number of carbonyl (C=O) groups excluding carboxylic acids is 4. The number of non-ortho nitro benzene ring substituents is 1. The molecule has 41 heavy (non-hydrogen) atoms. The number of halogens is 1. The zero-order valence-corrected chi connectivity index (χ0v) is 22.9. The number of amides is 4. The summed E-state index contributed by atoms with van der Waals surface area (Å²) in [5, 5.41) is 15.9. The van der Waals surface area contributed by atoms with E-state index in [9.17, 15) is 29.3 Å². The Morgan fingerprint density at radius 2 is 1.71 bits per heavy atom. The van der Waals surface area contributed by atoms with Crippen LogP contribution in [0.1, 0.15) is 5.56 Å². The van der Waals surface area contributed by atoms with Gasteiger partial charge in [-0.1, -0.05) is 29.8 Å². The minimum atomic E-state index is -0.627. The standard InChI is InChI=1S/C27H21ClN4O8S/c1-39-22-10-16(8-9-21(22)40-15-25(34)30-19-6-3-7-20(13-19)32(37)38)11-23-26(35)31(27(36)41-23)14-24(33)29-18-5-2-4-17(28)12-18/h2-13H,14-15H2,1H3,(H,29,33)(H,30,34)/b23-11-. The second kappa shape index (κ2) is 13.0. The van der Waals surface area contributed by atoms with Crippen molar-refractivity contribution in [2.24, 2.45) is 0 Å². The van der Waals surface area contributed by atoms with Gasteiger partial charge in [0.05, 0.1) is 16.9 Å². The van der Waals surface area contributed by atoms with Gasteiger partial charge in [0.1, 0.15) is 6.54 Å². The van der Waals surface area contributed by atoms with Crippen molar-refractivity contribution in [3.63, 3.8) is 0 Å². The highest BCUT2D eigenvalue weighted by atomic mass is 35.5. The lowest BCUT2D eigenvalue weighted by Gasteiger charge is -2.13. The number of thioether (sulfide) groups is 1. The molecule has 3 aromatic rings. The summed E-state index contributed by atoms with van der Waals surface area (Å²) in [7, 11) is 1.39. The molecule has 0 spiro atoms. The van der Waals surface area contributed by atoms with Crippen LogP contribution in [0.15, 0.2) is 71.6 Å². The van der Waals surface area contributed by atoms with Gasteiger partial charge in [0, 0.05) is 28.5 Å². The van der Waals surface area contributed by atoms with E-state index in [1.165, 1.54) is 49.6 Å². The third kappa shape index (κ3) is 7.62. The lowest BCUT2D eigenvalue weighted by Crippen LogP contribution is -2.36. The molecule has 0 aliphatic carbocycles. The molecule has 0 saturated carbocycles. The van der Waals surface area contributed by atoms with E-state index in [1.54, 1.807) is 30.3 Å². The van der Waals surface area contributed by atoms with Crippen molar-refractivity contribution in [1.29, 1.82) is 0 Å². The maximum Gasteiger partial charge on any atom is 0.294 e. The van der Waals surface area contributed by atoms with E-state index in [2.05, 4.69) is 10.6 Å². The van der Waals surface area contributed by atoms with Crippen molar-refractivity contribution in [1.82, 2.24) is 4.90 Å². The number of benzene rings is 3. The van der Waals surface area contributed by atoms with Crippen molar-refractivity contribution in [3.8, 4) is 11.5 Å². The van der Waals surface area contributed by atoms with Gasteiger partial charge in [0.2, 0.25) is 5.91 Å². The smallest absolute Gasteiger partial charge is 0.294 e. The van der Waals surface area contributed by atoms with E-state index in [-0.39, 0.29) is 27.8 Å². The van der Waals surface area contributed by atoms with Crippen LogP contribution in [0.5, 0.6) is 11.5 Å². The Labute approximate surface area is 242 Å². The van der Waals surface area contributed by atoms with E-state index < -0.39 is 41.0 Å². The lowest BCUT2D eigenvalue weighted by atomic mass is 10.2. The molecule has 1 heterocycles. The number of hydrogen-bond donors (Lipinski definition) is 2. The van der Waals surface area contributed by atoms with Crippen LogP contribution in [0.25, 0.3) is 6.08 Å². The van der Waals surface area contributed by atoms with Gasteiger partial charge in [-0.3, -0.25) is 34.2 Å². The molecule has 1 saturated heterocycles. The summed E-state index contributed by atoms with van der Waals surface area (Å²) in [6.45, 7) is -0.877. The van der Waals surface area contributed by atoms with Crippen LogP contribution < -0.4 is 20.1 Å². The number of nitrogens with zero attached hydrogens (tertiary/aromatic N) is 2. The van der Waals surface area contributed by atoms with Gasteiger partial charge in [-0.25, -0.2) is 0 Å². The largest absolute Gasteiger partial charge is 0.493 e. The Bertz CT molecular complexity index is 1580. The Morgan fingerprint density at radius 3 is 2.41 bits per heavy atom. The van der Waals surface area contributed by atoms with Gasteiger partial charge in [-0.2, -0.15) is 0 Å². The van der Waals surface area contributed by atoms with Crippen molar-refractivity contribution < 1.29 is 33.6 Å². The molecule has 1 aliphatic heterocycles. The minimum absolute atomic E-state index is 0.109. The van der Waals surface area contributed by atoms with E-state index in [4.69, 9.17) is 21.1 Å². The highest BCUT2D eigenvalue weighted by Gasteiger charge is 2.36. The molecular formula is C27H21ClN4O8S. The normalized spacial score (nSPS) is 13.7. The fraction of sp³-hybridized carbons (Fsp3) is 0.111. The van der Waals surface area contributed by atoms with Crippen LogP contribution in [0.2, 0.25) is 5.02 Å². The first-order valence-electron chi connectivity index (χ1n) is 11.8. The maximum atomic E-state index is 12.8. The Kier molecular flexibility index (Phi) is 9.22. The summed E-state index contributed by atoms with van der Waals surface area (Å²) in [4.78, 5) is 61.3. The third-order valence-corrected chi connectivity index (χ3v) is 6.61. The monoisotopic (exact) mass is 596 g/mol. The summed E-state index contributed by atoms with van der Waals surface area (Å²) in [6.07, 6.45) is 1.47. The van der Waals surface area contributed by atoms with E-state index in [0.717, 1.165) is 4.90 Å². The number of carbonyl (C=O) groups is 4. The Morgan fingerprint density at radius 1 is 1.00 bits per heavy atom. The van der Waals surface area contributed by atoms with Crippen molar-refractivity contribution in [2.75, 3.05) is 30.9 Å². The van der Waals surface area contributed by atoms with Gasteiger partial charge >= 0.3 is 0 Å². The summed E-state index contributed by atoms with van der Waals surface area (Å²) in [6, 6.07) is 16.6. The average molecular weight is 597 g/mol. The SMILES string of the molecule is COc1cc(/C=C2\SC(=O)N(CC(=O)Nc3cccc(Cl)c3)C2=O)ccc1OCC(=O)Nc1cccc([N+](=O)[O-])c1. The minimum Gasteiger partial charge on any atom is -0.493 e. The number of hydrogen-bond acceptors (Lipinski definition) is 9. The van der Waals surface area contributed by atoms with Crippen molar-refractivity contribution in [2.45, 2.75) is 0 Å². The predicted molar refractivity (Wildman–Crippen MR) is 153 cm³/mol. The highest BCUT2D eigenvalue weighted by molar-refractivity contribution is 8.18. The second-order valence-electron chi connectivity index (χ2n) is 8.38. The van der Waals surface area contributed by atoms with Crippen LogP contribution in [-0.4, -0.2) is 53.0 Å². The number of nitro groups is 1. The molecule has 12 nitrogen and oxygen atoms in total. The van der Waals surface area contributed by atoms with Crippen LogP contribution in [0, 0.1) is 10.1 Å². The summed E-state index contributed by atoms with van der Waals surface area (Å²) in [5.41, 5.74) is 1.01. The van der Waals surface area contributed by atoms with Crippen LogP contribution >= 0.6 is 23.4 Å².